The van der Waals surface area contributed by atoms with Crippen LogP contribution in [0.1, 0.15) is 24.1 Å². The van der Waals surface area contributed by atoms with E-state index in [-0.39, 0.29) is 0 Å². The summed E-state index contributed by atoms with van der Waals surface area (Å²) in [6.45, 7) is 4.48. The number of nitrogens with zero attached hydrogens (tertiary/aromatic N) is 2. The zero-order chi connectivity index (χ0) is 17.2. The van der Waals surface area contributed by atoms with E-state index in [1.807, 2.05) is 7.05 Å². The van der Waals surface area contributed by atoms with Crippen molar-refractivity contribution in [2.75, 3.05) is 47.0 Å². The number of hydrogen-bond donors (Lipinski definition) is 1. The van der Waals surface area contributed by atoms with Gasteiger partial charge in [-0.15, -0.1) is 11.3 Å². The molecule has 1 fully saturated rings. The van der Waals surface area contributed by atoms with Gasteiger partial charge in [0.15, 0.2) is 5.96 Å². The molecule has 0 aliphatic carbocycles. The van der Waals surface area contributed by atoms with Crippen LogP contribution < -0.4 is 5.32 Å². The number of ether oxygens (including phenoxy) is 2. The van der Waals surface area contributed by atoms with Gasteiger partial charge in [-0.05, 0) is 53.7 Å². The lowest BCUT2D eigenvalue weighted by Crippen LogP contribution is -2.47. The average Bonchev–Trinajstić information content (AvgIpc) is 3.02. The highest BCUT2D eigenvalue weighted by atomic mass is 79.9. The van der Waals surface area contributed by atoms with Crippen molar-refractivity contribution in [2.24, 2.45) is 4.99 Å². The van der Waals surface area contributed by atoms with Crippen molar-refractivity contribution >= 4 is 33.2 Å². The minimum atomic E-state index is 0.375. The van der Waals surface area contributed by atoms with Crippen LogP contribution in [0.5, 0.6) is 0 Å². The second-order valence-corrected chi connectivity index (χ2v) is 8.38. The first-order valence-electron chi connectivity index (χ1n) is 8.53. The summed E-state index contributed by atoms with van der Waals surface area (Å²) in [5.74, 6) is 1.00. The van der Waals surface area contributed by atoms with Gasteiger partial charge in [0, 0.05) is 51.9 Å². The Bertz CT molecular complexity index is 502. The van der Waals surface area contributed by atoms with Crippen LogP contribution in [0.25, 0.3) is 0 Å². The molecule has 2 rings (SSSR count). The fraction of sp³-hybridized carbons (Fsp3) is 0.706. The summed E-state index contributed by atoms with van der Waals surface area (Å²) in [4.78, 5) is 8.14. The van der Waals surface area contributed by atoms with E-state index in [4.69, 9.17) is 9.47 Å². The number of aliphatic imine (C=N–C) groups is 1. The molecule has 1 N–H and O–H groups in total. The quantitative estimate of drug-likeness (QED) is 0.400. The molecule has 0 amide bonds. The molecule has 0 atom stereocenters. The number of hydrogen-bond acceptors (Lipinski definition) is 4. The van der Waals surface area contributed by atoms with Crippen LogP contribution in [-0.4, -0.2) is 64.0 Å². The van der Waals surface area contributed by atoms with E-state index in [2.05, 4.69) is 43.3 Å². The summed E-state index contributed by atoms with van der Waals surface area (Å²) >= 11 is 5.30. The molecule has 0 spiro atoms. The van der Waals surface area contributed by atoms with Crippen LogP contribution in [0.4, 0.5) is 0 Å². The first kappa shape index (κ1) is 19.7. The first-order valence-corrected chi connectivity index (χ1v) is 10.1. The van der Waals surface area contributed by atoms with Crippen molar-refractivity contribution in [2.45, 2.75) is 31.8 Å². The molecule has 0 aromatic carbocycles. The SMILES string of the molecule is CN=C(NCCc1ccc(Br)s1)N1CCC(OCCCOC)CC1. The zero-order valence-corrected chi connectivity index (χ0v) is 17.0. The fourth-order valence-electron chi connectivity index (χ4n) is 2.80. The summed E-state index contributed by atoms with van der Waals surface area (Å²) < 4.78 is 12.2. The largest absolute Gasteiger partial charge is 0.385 e. The number of likely N-dealkylation sites (tertiary alicyclic amines) is 1. The molecule has 24 heavy (non-hydrogen) atoms. The molecule has 1 saturated heterocycles. The predicted molar refractivity (Wildman–Crippen MR) is 104 cm³/mol. The Labute approximate surface area is 157 Å². The minimum absolute atomic E-state index is 0.375. The van der Waals surface area contributed by atoms with Gasteiger partial charge in [-0.1, -0.05) is 0 Å². The van der Waals surface area contributed by atoms with Crippen molar-refractivity contribution in [1.82, 2.24) is 10.2 Å². The fourth-order valence-corrected chi connectivity index (χ4v) is 4.29. The number of thiophene rings is 1. The Morgan fingerprint density at radius 1 is 1.38 bits per heavy atom. The lowest BCUT2D eigenvalue weighted by atomic mass is 10.1. The van der Waals surface area contributed by atoms with E-state index in [0.29, 0.717) is 6.10 Å². The topological polar surface area (TPSA) is 46.1 Å². The molecule has 1 aliphatic heterocycles. The van der Waals surface area contributed by atoms with E-state index in [1.54, 1.807) is 18.4 Å². The molecule has 0 radical (unpaired) electrons. The van der Waals surface area contributed by atoms with Gasteiger partial charge in [0.25, 0.3) is 0 Å². The zero-order valence-electron chi connectivity index (χ0n) is 14.6. The van der Waals surface area contributed by atoms with Crippen LogP contribution in [0, 0.1) is 0 Å². The molecule has 1 aromatic rings. The third-order valence-electron chi connectivity index (χ3n) is 4.08. The van der Waals surface area contributed by atoms with Crippen LogP contribution in [-0.2, 0) is 15.9 Å². The number of halogens is 1. The van der Waals surface area contributed by atoms with Crippen molar-refractivity contribution in [1.29, 1.82) is 0 Å². The van der Waals surface area contributed by atoms with E-state index >= 15 is 0 Å². The summed E-state index contributed by atoms with van der Waals surface area (Å²) in [7, 11) is 3.59. The second kappa shape index (κ2) is 11.1. The van der Waals surface area contributed by atoms with Crippen LogP contribution >= 0.6 is 27.3 Å². The molecule has 7 heteroatoms. The van der Waals surface area contributed by atoms with Crippen LogP contribution in [0.2, 0.25) is 0 Å². The molecule has 2 heterocycles. The van der Waals surface area contributed by atoms with Gasteiger partial charge in [0.05, 0.1) is 9.89 Å². The van der Waals surface area contributed by atoms with Gasteiger partial charge in [0.1, 0.15) is 0 Å². The van der Waals surface area contributed by atoms with Gasteiger partial charge in [0.2, 0.25) is 0 Å². The molecule has 136 valence electrons. The number of rotatable bonds is 8. The van der Waals surface area contributed by atoms with Gasteiger partial charge in [-0.25, -0.2) is 0 Å². The lowest BCUT2D eigenvalue weighted by Gasteiger charge is -2.34. The maximum Gasteiger partial charge on any atom is 0.193 e. The molecule has 1 aliphatic rings. The highest BCUT2D eigenvalue weighted by Crippen LogP contribution is 2.22. The number of nitrogens with one attached hydrogen (secondary N) is 1. The Morgan fingerprint density at radius 2 is 2.17 bits per heavy atom. The van der Waals surface area contributed by atoms with Gasteiger partial charge < -0.3 is 19.7 Å². The maximum atomic E-state index is 5.92. The monoisotopic (exact) mass is 417 g/mol. The Kier molecular flexibility index (Phi) is 9.09. The van der Waals surface area contributed by atoms with Gasteiger partial charge >= 0.3 is 0 Å². The van der Waals surface area contributed by atoms with Crippen molar-refractivity contribution in [3.05, 3.63) is 20.8 Å². The van der Waals surface area contributed by atoms with Gasteiger partial charge in [-0.2, -0.15) is 0 Å². The lowest BCUT2D eigenvalue weighted by molar-refractivity contribution is 0.00992. The first-order chi connectivity index (χ1) is 11.7. The van der Waals surface area contributed by atoms with Crippen LogP contribution in [0.3, 0.4) is 0 Å². The summed E-state index contributed by atoms with van der Waals surface area (Å²) in [6.07, 6.45) is 4.49. The molecular weight excluding hydrogens is 390 g/mol. The summed E-state index contributed by atoms with van der Waals surface area (Å²) in [5.41, 5.74) is 0. The Morgan fingerprint density at radius 3 is 2.79 bits per heavy atom. The highest BCUT2D eigenvalue weighted by molar-refractivity contribution is 9.11. The van der Waals surface area contributed by atoms with Crippen molar-refractivity contribution < 1.29 is 9.47 Å². The van der Waals surface area contributed by atoms with Crippen molar-refractivity contribution in [3.8, 4) is 0 Å². The maximum absolute atomic E-state index is 5.92. The van der Waals surface area contributed by atoms with E-state index in [0.717, 1.165) is 64.5 Å². The molecule has 5 nitrogen and oxygen atoms in total. The normalized spacial score (nSPS) is 16.6. The Balaban J connectivity index is 1.65. The van der Waals surface area contributed by atoms with Gasteiger partial charge in [-0.3, -0.25) is 4.99 Å². The van der Waals surface area contributed by atoms with E-state index in [9.17, 15) is 0 Å². The summed E-state index contributed by atoms with van der Waals surface area (Å²) in [6, 6.07) is 4.28. The number of piperidine rings is 1. The van der Waals surface area contributed by atoms with E-state index < -0.39 is 0 Å². The molecule has 1 aromatic heterocycles. The third-order valence-corrected chi connectivity index (χ3v) is 5.77. The molecular formula is C17H28BrN3O2S. The highest BCUT2D eigenvalue weighted by Gasteiger charge is 2.21. The standard InChI is InChI=1S/C17H28BrN3O2S/c1-19-17(20-9-6-15-4-5-16(18)24-15)21-10-7-14(8-11-21)23-13-3-12-22-2/h4-5,14H,3,6-13H2,1-2H3,(H,19,20). The molecule has 0 bridgehead atoms. The third kappa shape index (κ3) is 6.70. The Hall–Kier alpha value is -0.630. The predicted octanol–water partition coefficient (Wildman–Crippen LogP) is 3.15. The number of guanidine groups is 1. The van der Waals surface area contributed by atoms with E-state index in [1.165, 1.54) is 8.66 Å². The van der Waals surface area contributed by atoms with Crippen molar-refractivity contribution in [3.63, 3.8) is 0 Å². The average molecular weight is 418 g/mol. The summed E-state index contributed by atoms with van der Waals surface area (Å²) in [5, 5.41) is 3.48. The minimum Gasteiger partial charge on any atom is -0.385 e. The molecule has 0 saturated carbocycles. The smallest absolute Gasteiger partial charge is 0.193 e. The second-order valence-electron chi connectivity index (χ2n) is 5.83. The van der Waals surface area contributed by atoms with Crippen LogP contribution in [0.15, 0.2) is 20.9 Å². The molecule has 0 unspecified atom stereocenters. The number of methoxy groups -OCH3 is 1.